The molecule has 0 unspecified atom stereocenters. The molecule has 0 radical (unpaired) electrons. The van der Waals surface area contributed by atoms with Crippen molar-refractivity contribution in [3.8, 4) is 0 Å². The lowest BCUT2D eigenvalue weighted by Gasteiger charge is -2.17. The summed E-state index contributed by atoms with van der Waals surface area (Å²) >= 11 is 0. The summed E-state index contributed by atoms with van der Waals surface area (Å²) in [4.78, 5) is 0. The predicted octanol–water partition coefficient (Wildman–Crippen LogP) is 3.28. The van der Waals surface area contributed by atoms with Crippen LogP contribution in [0.2, 0.25) is 0 Å². The van der Waals surface area contributed by atoms with Gasteiger partial charge in [-0.1, -0.05) is 30.3 Å². The van der Waals surface area contributed by atoms with Gasteiger partial charge in [0.15, 0.2) is 5.76 Å². The Morgan fingerprint density at radius 1 is 0.889 bits per heavy atom. The molecular weight excluding hydrogens is 224 g/mol. The molecule has 4 rings (SSSR count). The van der Waals surface area contributed by atoms with Crippen molar-refractivity contribution < 1.29 is 9.47 Å². The first-order chi connectivity index (χ1) is 8.93. The molecule has 2 aromatic rings. The van der Waals surface area contributed by atoms with Gasteiger partial charge < -0.3 is 9.47 Å². The summed E-state index contributed by atoms with van der Waals surface area (Å²) in [7, 11) is 0. The van der Waals surface area contributed by atoms with Crippen molar-refractivity contribution in [3.05, 3.63) is 53.3 Å². The average Bonchev–Trinajstić information content (AvgIpc) is 2.86. The minimum Gasteiger partial charge on any atom is -0.494 e. The summed E-state index contributed by atoms with van der Waals surface area (Å²) in [5, 5.41) is 2.71. The third kappa shape index (κ3) is 1.35. The zero-order valence-corrected chi connectivity index (χ0v) is 10.1. The molecule has 0 aromatic heterocycles. The number of benzene rings is 2. The molecule has 90 valence electrons. The van der Waals surface area contributed by atoms with Gasteiger partial charge in [-0.2, -0.15) is 0 Å². The van der Waals surface area contributed by atoms with Crippen LogP contribution in [0.25, 0.3) is 16.5 Å². The standard InChI is InChI=1S/C16H14O2/c1-2-11-4-5-12-6-7-13(14(3-1)16(11)12)15-10-17-8-9-18-15/h1-3,6-7,10H,4-5,8-9H2. The van der Waals surface area contributed by atoms with Gasteiger partial charge in [-0.15, -0.1) is 0 Å². The van der Waals surface area contributed by atoms with Gasteiger partial charge >= 0.3 is 0 Å². The molecule has 0 saturated carbocycles. The van der Waals surface area contributed by atoms with Crippen LogP contribution in [-0.4, -0.2) is 13.2 Å². The maximum atomic E-state index is 5.71. The molecule has 0 amide bonds. The normalized spacial score (nSPS) is 17.2. The molecule has 1 heterocycles. The molecule has 18 heavy (non-hydrogen) atoms. The molecule has 0 saturated heterocycles. The molecule has 1 aliphatic heterocycles. The summed E-state index contributed by atoms with van der Waals surface area (Å²) in [6.07, 6.45) is 4.06. The van der Waals surface area contributed by atoms with E-state index in [4.69, 9.17) is 9.47 Å². The molecule has 0 atom stereocenters. The second kappa shape index (κ2) is 3.77. The Labute approximate surface area is 106 Å². The zero-order valence-electron chi connectivity index (χ0n) is 10.1. The van der Waals surface area contributed by atoms with Crippen LogP contribution in [0.3, 0.4) is 0 Å². The van der Waals surface area contributed by atoms with Crippen molar-refractivity contribution in [2.24, 2.45) is 0 Å². The van der Waals surface area contributed by atoms with Crippen LogP contribution in [-0.2, 0) is 22.3 Å². The highest BCUT2D eigenvalue weighted by Crippen LogP contribution is 2.35. The van der Waals surface area contributed by atoms with Crippen LogP contribution < -0.4 is 0 Å². The van der Waals surface area contributed by atoms with Crippen molar-refractivity contribution in [3.63, 3.8) is 0 Å². The second-order valence-corrected chi connectivity index (χ2v) is 4.81. The van der Waals surface area contributed by atoms with Crippen LogP contribution >= 0.6 is 0 Å². The summed E-state index contributed by atoms with van der Waals surface area (Å²) < 4.78 is 11.1. The van der Waals surface area contributed by atoms with E-state index in [1.807, 2.05) is 0 Å². The van der Waals surface area contributed by atoms with E-state index >= 15 is 0 Å². The fourth-order valence-electron chi connectivity index (χ4n) is 2.97. The first-order valence-corrected chi connectivity index (χ1v) is 6.42. The van der Waals surface area contributed by atoms with Crippen molar-refractivity contribution in [2.75, 3.05) is 13.2 Å². The Morgan fingerprint density at radius 2 is 1.78 bits per heavy atom. The number of hydrogen-bond donors (Lipinski definition) is 0. The van der Waals surface area contributed by atoms with E-state index in [0.29, 0.717) is 13.2 Å². The van der Waals surface area contributed by atoms with Crippen LogP contribution in [0.5, 0.6) is 0 Å². The van der Waals surface area contributed by atoms with Gasteiger partial charge in [-0.3, -0.25) is 0 Å². The van der Waals surface area contributed by atoms with E-state index in [-0.39, 0.29) is 0 Å². The Kier molecular flexibility index (Phi) is 2.10. The summed E-state index contributed by atoms with van der Waals surface area (Å²) in [6.45, 7) is 1.28. The van der Waals surface area contributed by atoms with Gasteiger partial charge in [-0.05, 0) is 34.7 Å². The quantitative estimate of drug-likeness (QED) is 0.759. The fourth-order valence-corrected chi connectivity index (χ4v) is 2.97. The highest BCUT2D eigenvalue weighted by molar-refractivity contribution is 5.98. The minimum absolute atomic E-state index is 0.634. The zero-order chi connectivity index (χ0) is 11.9. The largest absolute Gasteiger partial charge is 0.494 e. The second-order valence-electron chi connectivity index (χ2n) is 4.81. The Bertz CT molecular complexity index is 645. The van der Waals surface area contributed by atoms with Crippen LogP contribution in [0.15, 0.2) is 36.6 Å². The fraction of sp³-hybridized carbons (Fsp3) is 0.250. The number of rotatable bonds is 1. The smallest absolute Gasteiger partial charge is 0.161 e. The van der Waals surface area contributed by atoms with E-state index < -0.39 is 0 Å². The van der Waals surface area contributed by atoms with Gasteiger partial charge in [-0.25, -0.2) is 0 Å². The van der Waals surface area contributed by atoms with Gasteiger partial charge in [0.1, 0.15) is 19.5 Å². The van der Waals surface area contributed by atoms with E-state index in [1.165, 1.54) is 21.9 Å². The number of ether oxygens (including phenoxy) is 2. The number of hydrogen-bond acceptors (Lipinski definition) is 2. The lowest BCUT2D eigenvalue weighted by atomic mass is 9.99. The Morgan fingerprint density at radius 3 is 2.61 bits per heavy atom. The maximum absolute atomic E-state index is 5.71. The van der Waals surface area contributed by atoms with E-state index in [1.54, 1.807) is 6.26 Å². The highest BCUT2D eigenvalue weighted by atomic mass is 16.6. The van der Waals surface area contributed by atoms with Crippen molar-refractivity contribution in [1.29, 1.82) is 0 Å². The summed E-state index contributed by atoms with van der Waals surface area (Å²) in [6, 6.07) is 10.9. The third-order valence-electron chi connectivity index (χ3n) is 3.79. The predicted molar refractivity (Wildman–Crippen MR) is 71.2 cm³/mol. The Hall–Kier alpha value is -1.96. The average molecular weight is 238 g/mol. The molecule has 2 aliphatic rings. The topological polar surface area (TPSA) is 18.5 Å². The van der Waals surface area contributed by atoms with Gasteiger partial charge in [0.05, 0.1) is 0 Å². The monoisotopic (exact) mass is 238 g/mol. The van der Waals surface area contributed by atoms with Gasteiger partial charge in [0, 0.05) is 5.56 Å². The van der Waals surface area contributed by atoms with Crippen LogP contribution in [0.4, 0.5) is 0 Å². The minimum atomic E-state index is 0.634. The molecule has 0 spiro atoms. The molecule has 2 heteroatoms. The maximum Gasteiger partial charge on any atom is 0.161 e. The summed E-state index contributed by atoms with van der Waals surface area (Å²) in [5.74, 6) is 0.858. The van der Waals surface area contributed by atoms with Crippen LogP contribution in [0.1, 0.15) is 16.7 Å². The van der Waals surface area contributed by atoms with Crippen molar-refractivity contribution in [2.45, 2.75) is 12.8 Å². The lowest BCUT2D eigenvalue weighted by Crippen LogP contribution is -2.07. The molecule has 2 aromatic carbocycles. The van der Waals surface area contributed by atoms with Crippen molar-refractivity contribution >= 4 is 16.5 Å². The first kappa shape index (κ1) is 10.0. The highest BCUT2D eigenvalue weighted by Gasteiger charge is 2.18. The molecular formula is C16H14O2. The molecule has 2 nitrogen and oxygen atoms in total. The van der Waals surface area contributed by atoms with E-state index in [0.717, 1.165) is 24.2 Å². The summed E-state index contributed by atoms with van der Waals surface area (Å²) in [5.41, 5.74) is 4.07. The molecule has 0 N–H and O–H groups in total. The molecule has 0 bridgehead atoms. The van der Waals surface area contributed by atoms with E-state index in [2.05, 4.69) is 30.3 Å². The van der Waals surface area contributed by atoms with Crippen LogP contribution in [0, 0.1) is 0 Å². The molecule has 1 aliphatic carbocycles. The van der Waals surface area contributed by atoms with Gasteiger partial charge in [0.2, 0.25) is 0 Å². The number of aryl methyl sites for hydroxylation is 2. The molecule has 0 fully saturated rings. The first-order valence-electron chi connectivity index (χ1n) is 6.42. The Balaban J connectivity index is 2.00. The SMILES string of the molecule is C1=C(c2ccc3c4c(cccc24)CC3)OCCO1. The lowest BCUT2D eigenvalue weighted by molar-refractivity contribution is 0.126. The van der Waals surface area contributed by atoms with E-state index in [9.17, 15) is 0 Å². The van der Waals surface area contributed by atoms with Gasteiger partial charge in [0.25, 0.3) is 0 Å². The van der Waals surface area contributed by atoms with Crippen molar-refractivity contribution in [1.82, 2.24) is 0 Å². The third-order valence-corrected chi connectivity index (χ3v) is 3.79.